The number of nitrogens with zero attached hydrogens (tertiary/aromatic N) is 1. The lowest BCUT2D eigenvalue weighted by Crippen LogP contribution is -2.41. The van der Waals surface area contributed by atoms with E-state index in [1.807, 2.05) is 0 Å². The van der Waals surface area contributed by atoms with Crippen molar-refractivity contribution in [3.63, 3.8) is 0 Å². The monoisotopic (exact) mass is 166 g/mol. The topological polar surface area (TPSA) is 29.3 Å². The molecule has 1 saturated carbocycles. The second-order valence-corrected chi connectivity index (χ2v) is 4.41. The van der Waals surface area contributed by atoms with Gasteiger partial charge >= 0.3 is 0 Å². The zero-order chi connectivity index (χ0) is 8.60. The van der Waals surface area contributed by atoms with Crippen molar-refractivity contribution in [3.05, 3.63) is 11.6 Å². The summed E-state index contributed by atoms with van der Waals surface area (Å²) in [7, 11) is 0. The van der Waals surface area contributed by atoms with Crippen LogP contribution in [0.25, 0.3) is 0 Å². The molecule has 0 aromatic carbocycles. The molecule has 1 aliphatic heterocycles. The van der Waals surface area contributed by atoms with Crippen LogP contribution >= 0.6 is 0 Å². The summed E-state index contributed by atoms with van der Waals surface area (Å²) in [6.07, 6.45) is 6.01. The van der Waals surface area contributed by atoms with Gasteiger partial charge in [-0.2, -0.15) is 0 Å². The summed E-state index contributed by atoms with van der Waals surface area (Å²) < 4.78 is 0. The lowest BCUT2D eigenvalue weighted by atomic mass is 10.1. The summed E-state index contributed by atoms with van der Waals surface area (Å²) in [5.74, 6) is 0. The molecule has 2 heteroatoms. The summed E-state index contributed by atoms with van der Waals surface area (Å²) in [5, 5.41) is 0. The Hall–Kier alpha value is -0.340. The molecule has 0 spiro atoms. The molecule has 1 fully saturated rings. The molecule has 1 heterocycles. The predicted octanol–water partition coefficient (Wildman–Crippen LogP) is 1.13. The van der Waals surface area contributed by atoms with Crippen molar-refractivity contribution in [2.45, 2.75) is 31.7 Å². The highest BCUT2D eigenvalue weighted by atomic mass is 15.2. The molecule has 2 rings (SSSR count). The standard InChI is InChI=1S/C10H18N2/c1-9-3-2-6-12(7-9)8-10(11)4-5-10/h3H,2,4-8,11H2,1H3. The molecule has 2 N–H and O–H groups in total. The van der Waals surface area contributed by atoms with Gasteiger partial charge in [0.05, 0.1) is 0 Å². The van der Waals surface area contributed by atoms with E-state index >= 15 is 0 Å². The van der Waals surface area contributed by atoms with E-state index in [4.69, 9.17) is 5.73 Å². The molecule has 0 atom stereocenters. The first-order valence-corrected chi connectivity index (χ1v) is 4.85. The lowest BCUT2D eigenvalue weighted by molar-refractivity contribution is 0.265. The third kappa shape index (κ3) is 1.87. The molecule has 0 amide bonds. The Kier molecular flexibility index (Phi) is 1.97. The van der Waals surface area contributed by atoms with Gasteiger partial charge in [-0.3, -0.25) is 4.90 Å². The highest BCUT2D eigenvalue weighted by molar-refractivity contribution is 5.08. The maximum atomic E-state index is 6.06. The van der Waals surface area contributed by atoms with Crippen molar-refractivity contribution in [3.8, 4) is 0 Å². The van der Waals surface area contributed by atoms with Gasteiger partial charge in [-0.15, -0.1) is 0 Å². The number of hydrogen-bond donors (Lipinski definition) is 1. The Balaban J connectivity index is 1.85. The number of hydrogen-bond acceptors (Lipinski definition) is 2. The van der Waals surface area contributed by atoms with E-state index in [0.717, 1.165) is 13.1 Å². The van der Waals surface area contributed by atoms with Crippen LogP contribution in [0.5, 0.6) is 0 Å². The molecule has 12 heavy (non-hydrogen) atoms. The minimum absolute atomic E-state index is 0.192. The van der Waals surface area contributed by atoms with Crippen LogP contribution in [-0.4, -0.2) is 30.1 Å². The van der Waals surface area contributed by atoms with Gasteiger partial charge < -0.3 is 5.73 Å². The van der Waals surface area contributed by atoms with E-state index in [1.165, 1.54) is 31.4 Å². The molecule has 2 nitrogen and oxygen atoms in total. The van der Waals surface area contributed by atoms with E-state index in [1.54, 1.807) is 0 Å². The molecular weight excluding hydrogens is 148 g/mol. The van der Waals surface area contributed by atoms with E-state index in [0.29, 0.717) is 0 Å². The second kappa shape index (κ2) is 2.86. The van der Waals surface area contributed by atoms with Crippen molar-refractivity contribution in [2.75, 3.05) is 19.6 Å². The van der Waals surface area contributed by atoms with Crippen LogP contribution in [0.3, 0.4) is 0 Å². The molecule has 0 aromatic heterocycles. The third-order valence-electron chi connectivity index (χ3n) is 2.84. The van der Waals surface area contributed by atoms with Crippen molar-refractivity contribution < 1.29 is 0 Å². The van der Waals surface area contributed by atoms with Crippen LogP contribution in [0.1, 0.15) is 26.2 Å². The first-order chi connectivity index (χ1) is 5.68. The SMILES string of the molecule is CC1=CCCN(CC2(N)CC2)C1. The number of rotatable bonds is 2. The minimum Gasteiger partial charge on any atom is -0.324 e. The fraction of sp³-hybridized carbons (Fsp3) is 0.800. The summed E-state index contributed by atoms with van der Waals surface area (Å²) in [5.41, 5.74) is 7.76. The first kappa shape index (κ1) is 8.27. The van der Waals surface area contributed by atoms with Crippen molar-refractivity contribution in [2.24, 2.45) is 5.73 Å². The van der Waals surface area contributed by atoms with Crippen LogP contribution in [0.4, 0.5) is 0 Å². The Bertz CT molecular complexity index is 204. The van der Waals surface area contributed by atoms with Gasteiger partial charge in [-0.05, 0) is 26.2 Å². The Morgan fingerprint density at radius 1 is 1.58 bits per heavy atom. The first-order valence-electron chi connectivity index (χ1n) is 4.85. The van der Waals surface area contributed by atoms with Crippen LogP contribution in [-0.2, 0) is 0 Å². The largest absolute Gasteiger partial charge is 0.324 e. The normalized spacial score (nSPS) is 28.3. The molecule has 1 aliphatic carbocycles. The third-order valence-corrected chi connectivity index (χ3v) is 2.84. The molecule has 0 radical (unpaired) electrons. The predicted molar refractivity (Wildman–Crippen MR) is 51.0 cm³/mol. The average molecular weight is 166 g/mol. The fourth-order valence-electron chi connectivity index (χ4n) is 1.89. The second-order valence-electron chi connectivity index (χ2n) is 4.41. The highest BCUT2D eigenvalue weighted by Gasteiger charge is 2.39. The average Bonchev–Trinajstić information content (AvgIpc) is 2.67. The summed E-state index contributed by atoms with van der Waals surface area (Å²) >= 11 is 0. The van der Waals surface area contributed by atoms with Crippen LogP contribution in [0, 0.1) is 0 Å². The van der Waals surface area contributed by atoms with E-state index in [2.05, 4.69) is 17.9 Å². The van der Waals surface area contributed by atoms with Gasteiger partial charge in [0.25, 0.3) is 0 Å². The van der Waals surface area contributed by atoms with Gasteiger partial charge in [0.1, 0.15) is 0 Å². The van der Waals surface area contributed by atoms with Gasteiger partial charge in [-0.1, -0.05) is 11.6 Å². The van der Waals surface area contributed by atoms with Crippen LogP contribution in [0.15, 0.2) is 11.6 Å². The molecule has 2 aliphatic rings. The molecule has 0 bridgehead atoms. The van der Waals surface area contributed by atoms with Crippen molar-refractivity contribution in [1.29, 1.82) is 0 Å². The van der Waals surface area contributed by atoms with Crippen LogP contribution < -0.4 is 5.73 Å². The summed E-state index contributed by atoms with van der Waals surface area (Å²) in [4.78, 5) is 2.49. The molecular formula is C10H18N2. The smallest absolute Gasteiger partial charge is 0.0284 e. The summed E-state index contributed by atoms with van der Waals surface area (Å²) in [6, 6.07) is 0. The van der Waals surface area contributed by atoms with Gasteiger partial charge in [0.15, 0.2) is 0 Å². The van der Waals surface area contributed by atoms with E-state index in [9.17, 15) is 0 Å². The minimum atomic E-state index is 0.192. The van der Waals surface area contributed by atoms with E-state index < -0.39 is 0 Å². The zero-order valence-corrected chi connectivity index (χ0v) is 7.84. The molecule has 68 valence electrons. The maximum absolute atomic E-state index is 6.06. The van der Waals surface area contributed by atoms with Crippen LogP contribution in [0.2, 0.25) is 0 Å². The fourth-order valence-corrected chi connectivity index (χ4v) is 1.89. The lowest BCUT2D eigenvalue weighted by Gasteiger charge is -2.28. The Labute approximate surface area is 74.4 Å². The van der Waals surface area contributed by atoms with E-state index in [-0.39, 0.29) is 5.54 Å². The summed E-state index contributed by atoms with van der Waals surface area (Å²) in [6.45, 7) is 5.66. The Morgan fingerprint density at radius 2 is 2.33 bits per heavy atom. The zero-order valence-electron chi connectivity index (χ0n) is 7.84. The highest BCUT2D eigenvalue weighted by Crippen LogP contribution is 2.33. The van der Waals surface area contributed by atoms with Crippen molar-refractivity contribution >= 4 is 0 Å². The van der Waals surface area contributed by atoms with Gasteiger partial charge in [-0.25, -0.2) is 0 Å². The molecule has 0 aromatic rings. The number of nitrogens with two attached hydrogens (primary N) is 1. The van der Waals surface area contributed by atoms with Crippen molar-refractivity contribution in [1.82, 2.24) is 4.90 Å². The Morgan fingerprint density at radius 3 is 2.92 bits per heavy atom. The molecule has 0 unspecified atom stereocenters. The maximum Gasteiger partial charge on any atom is 0.0284 e. The quantitative estimate of drug-likeness (QED) is 0.623. The van der Waals surface area contributed by atoms with Gasteiger partial charge in [0, 0.05) is 25.2 Å². The van der Waals surface area contributed by atoms with Gasteiger partial charge in [0.2, 0.25) is 0 Å². The molecule has 0 saturated heterocycles.